The molecule has 0 atom stereocenters. The van der Waals surface area contributed by atoms with Crippen molar-refractivity contribution in [3.63, 3.8) is 0 Å². The standard InChI is InChI=1S/C11H7F3N2O2S3/c12-5-3-7(14)8(4-6(5)13)16-21(17,18)10-2-1-9(20-10)11(15)19/h1-4,16H,(H2,15,19). The van der Waals surface area contributed by atoms with Gasteiger partial charge in [-0.25, -0.2) is 21.6 Å². The zero-order valence-corrected chi connectivity index (χ0v) is 12.5. The Morgan fingerprint density at radius 1 is 1.14 bits per heavy atom. The second-order valence-electron chi connectivity index (χ2n) is 3.83. The molecule has 10 heteroatoms. The number of thiophene rings is 1. The highest BCUT2D eigenvalue weighted by atomic mass is 32.2. The van der Waals surface area contributed by atoms with Gasteiger partial charge in [0.1, 0.15) is 15.0 Å². The Hall–Kier alpha value is -1.65. The molecular weight excluding hydrogens is 345 g/mol. The molecule has 0 aliphatic carbocycles. The summed E-state index contributed by atoms with van der Waals surface area (Å²) in [6.07, 6.45) is 0. The topological polar surface area (TPSA) is 72.2 Å². The maximum Gasteiger partial charge on any atom is 0.271 e. The molecule has 0 fully saturated rings. The van der Waals surface area contributed by atoms with Crippen LogP contribution in [0.15, 0.2) is 28.5 Å². The molecule has 21 heavy (non-hydrogen) atoms. The van der Waals surface area contributed by atoms with Crippen molar-refractivity contribution in [1.82, 2.24) is 0 Å². The van der Waals surface area contributed by atoms with Crippen molar-refractivity contribution in [2.24, 2.45) is 5.73 Å². The van der Waals surface area contributed by atoms with E-state index >= 15 is 0 Å². The Kier molecular flexibility index (Phi) is 4.21. The first-order valence-corrected chi connectivity index (χ1v) is 7.98. The molecule has 2 rings (SSSR count). The van der Waals surface area contributed by atoms with Crippen LogP contribution in [-0.2, 0) is 10.0 Å². The summed E-state index contributed by atoms with van der Waals surface area (Å²) in [5.41, 5.74) is 4.66. The first kappa shape index (κ1) is 15.7. The molecule has 0 saturated carbocycles. The molecule has 0 spiro atoms. The molecule has 112 valence electrons. The van der Waals surface area contributed by atoms with E-state index in [1.807, 2.05) is 4.72 Å². The van der Waals surface area contributed by atoms with Crippen LogP contribution in [0.1, 0.15) is 4.88 Å². The number of nitrogens with one attached hydrogen (secondary N) is 1. The molecule has 0 unspecified atom stereocenters. The number of hydrogen-bond donors (Lipinski definition) is 2. The fourth-order valence-corrected chi connectivity index (χ4v) is 3.80. The summed E-state index contributed by atoms with van der Waals surface area (Å²) in [5, 5.41) is 0. The predicted octanol–water partition coefficient (Wildman–Crippen LogP) is 2.60. The Balaban J connectivity index is 2.37. The van der Waals surface area contributed by atoms with Crippen LogP contribution in [0.2, 0.25) is 0 Å². The zero-order chi connectivity index (χ0) is 15.8. The van der Waals surface area contributed by atoms with Crippen LogP contribution in [0, 0.1) is 17.5 Å². The zero-order valence-electron chi connectivity index (χ0n) is 10.1. The molecule has 0 radical (unpaired) electrons. The summed E-state index contributed by atoms with van der Waals surface area (Å²) < 4.78 is 65.0. The summed E-state index contributed by atoms with van der Waals surface area (Å²) in [7, 11) is -4.15. The number of nitrogens with two attached hydrogens (primary N) is 1. The van der Waals surface area contributed by atoms with E-state index < -0.39 is 33.2 Å². The van der Waals surface area contributed by atoms with Crippen LogP contribution in [0.3, 0.4) is 0 Å². The molecule has 0 aliphatic rings. The maximum absolute atomic E-state index is 13.4. The second-order valence-corrected chi connectivity index (χ2v) is 7.27. The minimum Gasteiger partial charge on any atom is -0.389 e. The molecule has 1 heterocycles. The molecular formula is C11H7F3N2O2S3. The summed E-state index contributed by atoms with van der Waals surface area (Å²) in [5.74, 6) is -4.02. The first-order chi connectivity index (χ1) is 9.70. The molecule has 1 aromatic carbocycles. The quantitative estimate of drug-likeness (QED) is 0.655. The van der Waals surface area contributed by atoms with Gasteiger partial charge in [-0.05, 0) is 12.1 Å². The largest absolute Gasteiger partial charge is 0.389 e. The van der Waals surface area contributed by atoms with Crippen LogP contribution in [0.4, 0.5) is 18.9 Å². The normalized spacial score (nSPS) is 11.4. The molecule has 0 bridgehead atoms. The van der Waals surface area contributed by atoms with Gasteiger partial charge >= 0.3 is 0 Å². The van der Waals surface area contributed by atoms with Gasteiger partial charge in [0.15, 0.2) is 11.6 Å². The lowest BCUT2D eigenvalue weighted by atomic mass is 10.3. The average molecular weight is 352 g/mol. The minimum atomic E-state index is -4.15. The van der Waals surface area contributed by atoms with Crippen molar-refractivity contribution in [3.8, 4) is 0 Å². The van der Waals surface area contributed by atoms with E-state index in [9.17, 15) is 21.6 Å². The average Bonchev–Trinajstić information content (AvgIpc) is 2.86. The fraction of sp³-hybridized carbons (Fsp3) is 0. The number of sulfonamides is 1. The number of halogens is 3. The molecule has 0 saturated heterocycles. The van der Waals surface area contributed by atoms with E-state index in [1.165, 1.54) is 12.1 Å². The smallest absolute Gasteiger partial charge is 0.271 e. The van der Waals surface area contributed by atoms with E-state index in [1.54, 1.807) is 0 Å². The van der Waals surface area contributed by atoms with Crippen LogP contribution in [0.25, 0.3) is 0 Å². The van der Waals surface area contributed by atoms with Crippen molar-refractivity contribution in [2.75, 3.05) is 4.72 Å². The number of benzene rings is 1. The number of thiocarbonyl (C=S) groups is 1. The Bertz CT molecular complexity index is 818. The Morgan fingerprint density at radius 2 is 1.76 bits per heavy atom. The highest BCUT2D eigenvalue weighted by Crippen LogP contribution is 2.26. The Morgan fingerprint density at radius 3 is 2.33 bits per heavy atom. The lowest BCUT2D eigenvalue weighted by Gasteiger charge is -2.07. The Labute approximate surface area is 127 Å². The van der Waals surface area contributed by atoms with Gasteiger partial charge in [-0.1, -0.05) is 12.2 Å². The summed E-state index contributed by atoms with van der Waals surface area (Å²) >= 11 is 5.48. The van der Waals surface area contributed by atoms with Crippen molar-refractivity contribution in [2.45, 2.75) is 4.21 Å². The van der Waals surface area contributed by atoms with E-state index in [-0.39, 0.29) is 15.3 Å². The van der Waals surface area contributed by atoms with Crippen molar-refractivity contribution in [3.05, 3.63) is 46.6 Å². The fourth-order valence-electron chi connectivity index (χ4n) is 1.39. The van der Waals surface area contributed by atoms with Gasteiger partial charge in [-0.3, -0.25) is 4.72 Å². The lowest BCUT2D eigenvalue weighted by molar-refractivity contribution is 0.496. The minimum absolute atomic E-state index is 0.0143. The summed E-state index contributed by atoms with van der Waals surface area (Å²) in [4.78, 5) is 0.372. The number of rotatable bonds is 4. The van der Waals surface area contributed by atoms with Gasteiger partial charge in [0, 0.05) is 12.1 Å². The second kappa shape index (κ2) is 5.62. The van der Waals surface area contributed by atoms with Gasteiger partial charge in [0.05, 0.1) is 10.6 Å². The molecule has 0 aliphatic heterocycles. The van der Waals surface area contributed by atoms with Gasteiger partial charge in [-0.15, -0.1) is 11.3 Å². The van der Waals surface area contributed by atoms with Crippen molar-refractivity contribution < 1.29 is 21.6 Å². The highest BCUT2D eigenvalue weighted by molar-refractivity contribution is 7.94. The molecule has 3 N–H and O–H groups in total. The van der Waals surface area contributed by atoms with E-state index in [4.69, 9.17) is 18.0 Å². The van der Waals surface area contributed by atoms with Gasteiger partial charge in [0.2, 0.25) is 0 Å². The molecule has 1 aromatic heterocycles. The monoisotopic (exact) mass is 352 g/mol. The van der Waals surface area contributed by atoms with Gasteiger partial charge < -0.3 is 5.73 Å². The maximum atomic E-state index is 13.4. The lowest BCUT2D eigenvalue weighted by Crippen LogP contribution is -2.13. The third kappa shape index (κ3) is 3.34. The molecule has 4 nitrogen and oxygen atoms in total. The van der Waals surface area contributed by atoms with Crippen LogP contribution < -0.4 is 10.5 Å². The SMILES string of the molecule is NC(=S)c1ccc(S(=O)(=O)Nc2cc(F)c(F)cc2F)s1. The van der Waals surface area contributed by atoms with Crippen molar-refractivity contribution >= 4 is 44.3 Å². The third-order valence-corrected chi connectivity index (χ3v) is 5.67. The summed E-state index contributed by atoms with van der Waals surface area (Å²) in [6, 6.07) is 3.29. The number of hydrogen-bond acceptors (Lipinski definition) is 4. The van der Waals surface area contributed by atoms with E-state index in [0.717, 1.165) is 11.3 Å². The number of anilines is 1. The predicted molar refractivity (Wildman–Crippen MR) is 77.3 cm³/mol. The van der Waals surface area contributed by atoms with Gasteiger partial charge in [-0.2, -0.15) is 0 Å². The van der Waals surface area contributed by atoms with E-state index in [0.29, 0.717) is 10.9 Å². The van der Waals surface area contributed by atoms with Crippen molar-refractivity contribution in [1.29, 1.82) is 0 Å². The van der Waals surface area contributed by atoms with E-state index in [2.05, 4.69) is 0 Å². The van der Waals surface area contributed by atoms with Crippen LogP contribution >= 0.6 is 23.6 Å². The van der Waals surface area contributed by atoms with Gasteiger partial charge in [0.25, 0.3) is 10.0 Å². The third-order valence-electron chi connectivity index (χ3n) is 2.34. The molecule has 0 amide bonds. The van der Waals surface area contributed by atoms with Crippen LogP contribution in [-0.4, -0.2) is 13.4 Å². The first-order valence-electron chi connectivity index (χ1n) is 5.27. The van der Waals surface area contributed by atoms with Crippen LogP contribution in [0.5, 0.6) is 0 Å². The summed E-state index contributed by atoms with van der Waals surface area (Å²) in [6.45, 7) is 0. The highest BCUT2D eigenvalue weighted by Gasteiger charge is 2.20. The molecule has 2 aromatic rings.